The Bertz CT molecular complexity index is 284. The molecule has 0 bridgehead atoms. The van der Waals surface area contributed by atoms with E-state index in [2.05, 4.69) is 0 Å². The average molecular weight is 201 g/mol. The van der Waals surface area contributed by atoms with Gasteiger partial charge in [-0.2, -0.15) is 0 Å². The molecule has 0 saturated carbocycles. The molecule has 78 valence electrons. The minimum atomic E-state index is -0.648. The Balaban J connectivity index is 2.58. The van der Waals surface area contributed by atoms with Gasteiger partial charge in [0.15, 0.2) is 0 Å². The number of halogens is 2. The highest BCUT2D eigenvalue weighted by Gasteiger charge is 2.03. The van der Waals surface area contributed by atoms with Crippen molar-refractivity contribution in [2.75, 3.05) is 6.61 Å². The molecule has 2 nitrogen and oxygen atoms in total. The summed E-state index contributed by atoms with van der Waals surface area (Å²) in [6.07, 6.45) is 0.762. The first-order valence-electron chi connectivity index (χ1n) is 4.46. The van der Waals surface area contributed by atoms with Gasteiger partial charge in [0.1, 0.15) is 24.0 Å². The number of nitrogens with two attached hydrogens (primary N) is 1. The van der Waals surface area contributed by atoms with Crippen molar-refractivity contribution in [3.8, 4) is 5.75 Å². The van der Waals surface area contributed by atoms with Gasteiger partial charge in [-0.05, 0) is 6.42 Å². The molecule has 1 rings (SSSR count). The Morgan fingerprint density at radius 1 is 1.29 bits per heavy atom. The molecule has 0 fully saturated rings. The summed E-state index contributed by atoms with van der Waals surface area (Å²) in [5.41, 5.74) is 5.58. The van der Waals surface area contributed by atoms with E-state index in [1.165, 1.54) is 0 Å². The second-order valence-corrected chi connectivity index (χ2v) is 3.08. The van der Waals surface area contributed by atoms with Crippen molar-refractivity contribution in [3.05, 3.63) is 29.8 Å². The highest BCUT2D eigenvalue weighted by atomic mass is 19.1. The third-order valence-corrected chi connectivity index (χ3v) is 1.82. The molecular weight excluding hydrogens is 188 g/mol. The normalized spacial score (nSPS) is 12.6. The van der Waals surface area contributed by atoms with Gasteiger partial charge in [0, 0.05) is 24.2 Å². The largest absolute Gasteiger partial charge is 0.492 e. The average Bonchev–Trinajstić information content (AvgIpc) is 2.12. The fourth-order valence-corrected chi connectivity index (χ4v) is 0.933. The van der Waals surface area contributed by atoms with Gasteiger partial charge >= 0.3 is 0 Å². The lowest BCUT2D eigenvalue weighted by Gasteiger charge is -2.10. The summed E-state index contributed by atoms with van der Waals surface area (Å²) in [7, 11) is 0. The third kappa shape index (κ3) is 3.30. The molecule has 0 unspecified atom stereocenters. The zero-order chi connectivity index (χ0) is 10.6. The van der Waals surface area contributed by atoms with Crippen LogP contribution in [0, 0.1) is 11.6 Å². The number of ether oxygens (including phenoxy) is 1. The Morgan fingerprint density at radius 2 is 1.86 bits per heavy atom. The summed E-state index contributed by atoms with van der Waals surface area (Å²) in [5, 5.41) is 0. The molecule has 0 aliphatic heterocycles. The molecule has 4 heteroatoms. The molecule has 14 heavy (non-hydrogen) atoms. The summed E-state index contributed by atoms with van der Waals surface area (Å²) in [4.78, 5) is 0. The first-order chi connectivity index (χ1) is 6.61. The van der Waals surface area contributed by atoms with Crippen LogP contribution in [0.1, 0.15) is 13.3 Å². The molecule has 0 aromatic heterocycles. The van der Waals surface area contributed by atoms with E-state index in [0.717, 1.165) is 24.6 Å². The van der Waals surface area contributed by atoms with E-state index in [4.69, 9.17) is 10.5 Å². The third-order valence-electron chi connectivity index (χ3n) is 1.82. The van der Waals surface area contributed by atoms with Crippen LogP contribution in [0.4, 0.5) is 8.78 Å². The van der Waals surface area contributed by atoms with Crippen LogP contribution < -0.4 is 10.5 Å². The SMILES string of the molecule is CC[C@@H](N)COc1cc(F)cc(F)c1. The molecule has 0 saturated heterocycles. The molecular formula is C10H13F2NO. The Labute approximate surface area is 81.7 Å². The molecule has 1 aromatic rings. The minimum absolute atomic E-state index is 0.110. The maximum Gasteiger partial charge on any atom is 0.129 e. The maximum atomic E-state index is 12.7. The van der Waals surface area contributed by atoms with Crippen LogP contribution in [0.5, 0.6) is 5.75 Å². The van der Waals surface area contributed by atoms with Crippen molar-refractivity contribution in [2.45, 2.75) is 19.4 Å². The molecule has 0 heterocycles. The van der Waals surface area contributed by atoms with Crippen LogP contribution in [0.15, 0.2) is 18.2 Å². The van der Waals surface area contributed by atoms with Gasteiger partial charge in [-0.1, -0.05) is 6.92 Å². The Kier molecular flexibility index (Phi) is 3.83. The molecule has 1 atom stereocenters. The number of rotatable bonds is 4. The van der Waals surface area contributed by atoms with E-state index in [1.807, 2.05) is 6.92 Å². The number of benzene rings is 1. The Morgan fingerprint density at radius 3 is 2.36 bits per heavy atom. The second-order valence-electron chi connectivity index (χ2n) is 3.08. The predicted molar refractivity (Wildman–Crippen MR) is 50.1 cm³/mol. The lowest BCUT2D eigenvalue weighted by molar-refractivity contribution is 0.282. The van der Waals surface area contributed by atoms with Crippen molar-refractivity contribution in [2.24, 2.45) is 5.73 Å². The van der Waals surface area contributed by atoms with Crippen LogP contribution in [0.25, 0.3) is 0 Å². The lowest BCUT2D eigenvalue weighted by atomic mass is 10.2. The molecule has 0 aliphatic carbocycles. The summed E-state index contributed by atoms with van der Waals surface area (Å²) in [6, 6.07) is 2.95. The minimum Gasteiger partial charge on any atom is -0.492 e. The monoisotopic (exact) mass is 201 g/mol. The quantitative estimate of drug-likeness (QED) is 0.809. The molecule has 0 spiro atoms. The van der Waals surface area contributed by atoms with Crippen molar-refractivity contribution < 1.29 is 13.5 Å². The highest BCUT2D eigenvalue weighted by molar-refractivity contribution is 5.23. The van der Waals surface area contributed by atoms with E-state index in [-0.39, 0.29) is 18.4 Å². The van der Waals surface area contributed by atoms with Crippen molar-refractivity contribution in [3.63, 3.8) is 0 Å². The maximum absolute atomic E-state index is 12.7. The van der Waals surface area contributed by atoms with Gasteiger partial charge in [-0.15, -0.1) is 0 Å². The van der Waals surface area contributed by atoms with Gasteiger partial charge in [0.2, 0.25) is 0 Å². The molecule has 1 aromatic carbocycles. The zero-order valence-corrected chi connectivity index (χ0v) is 7.97. The standard InChI is InChI=1S/C10H13F2NO/c1-2-9(13)6-14-10-4-7(11)3-8(12)5-10/h3-5,9H,2,6,13H2,1H3/t9-/m1/s1. The summed E-state index contributed by atoms with van der Waals surface area (Å²) in [5.74, 6) is -1.12. The lowest BCUT2D eigenvalue weighted by Crippen LogP contribution is -2.26. The first-order valence-corrected chi connectivity index (χ1v) is 4.46. The van der Waals surface area contributed by atoms with Crippen molar-refractivity contribution in [1.29, 1.82) is 0 Å². The fourth-order valence-electron chi connectivity index (χ4n) is 0.933. The molecule has 0 radical (unpaired) electrons. The number of hydrogen-bond acceptors (Lipinski definition) is 2. The zero-order valence-electron chi connectivity index (χ0n) is 7.97. The Hall–Kier alpha value is -1.16. The second kappa shape index (κ2) is 4.91. The molecule has 2 N–H and O–H groups in total. The summed E-state index contributed by atoms with van der Waals surface area (Å²) in [6.45, 7) is 2.18. The van der Waals surface area contributed by atoms with Crippen molar-refractivity contribution in [1.82, 2.24) is 0 Å². The van der Waals surface area contributed by atoms with E-state index in [0.29, 0.717) is 0 Å². The van der Waals surface area contributed by atoms with Crippen LogP contribution in [-0.4, -0.2) is 12.6 Å². The van der Waals surface area contributed by atoms with E-state index < -0.39 is 11.6 Å². The fraction of sp³-hybridized carbons (Fsp3) is 0.400. The van der Waals surface area contributed by atoms with E-state index in [1.54, 1.807) is 0 Å². The van der Waals surface area contributed by atoms with Crippen LogP contribution in [0.2, 0.25) is 0 Å². The summed E-state index contributed by atoms with van der Waals surface area (Å²) >= 11 is 0. The van der Waals surface area contributed by atoms with Crippen LogP contribution in [0.3, 0.4) is 0 Å². The van der Waals surface area contributed by atoms with Gasteiger partial charge in [-0.3, -0.25) is 0 Å². The van der Waals surface area contributed by atoms with E-state index in [9.17, 15) is 8.78 Å². The van der Waals surface area contributed by atoms with Crippen molar-refractivity contribution >= 4 is 0 Å². The molecule has 0 aliphatic rings. The predicted octanol–water partition coefficient (Wildman–Crippen LogP) is 2.08. The number of hydrogen-bond donors (Lipinski definition) is 1. The van der Waals surface area contributed by atoms with Gasteiger partial charge in [0.25, 0.3) is 0 Å². The molecule has 0 amide bonds. The highest BCUT2D eigenvalue weighted by Crippen LogP contribution is 2.15. The van der Waals surface area contributed by atoms with Gasteiger partial charge in [-0.25, -0.2) is 8.78 Å². The first kappa shape index (κ1) is 10.9. The van der Waals surface area contributed by atoms with Gasteiger partial charge < -0.3 is 10.5 Å². The van der Waals surface area contributed by atoms with E-state index >= 15 is 0 Å². The van der Waals surface area contributed by atoms with Crippen LogP contribution >= 0.6 is 0 Å². The topological polar surface area (TPSA) is 35.2 Å². The summed E-state index contributed by atoms with van der Waals surface area (Å²) < 4.78 is 30.5. The smallest absolute Gasteiger partial charge is 0.129 e. The van der Waals surface area contributed by atoms with Crippen LogP contribution in [-0.2, 0) is 0 Å². The van der Waals surface area contributed by atoms with Gasteiger partial charge in [0.05, 0.1) is 0 Å².